The minimum absolute atomic E-state index is 0.0894. The molecular weight excluding hydrogens is 156 g/mol. The van der Waals surface area contributed by atoms with E-state index in [9.17, 15) is 4.79 Å². The van der Waals surface area contributed by atoms with Gasteiger partial charge in [0.1, 0.15) is 0 Å². The largest absolute Gasteiger partial charge is 0.337 e. The van der Waals surface area contributed by atoms with E-state index < -0.39 is 0 Å². The molecule has 2 amide bonds. The first-order chi connectivity index (χ1) is 5.76. The van der Waals surface area contributed by atoms with Gasteiger partial charge in [-0.2, -0.15) is 0 Å². The van der Waals surface area contributed by atoms with Crippen LogP contribution in [0.25, 0.3) is 0 Å². The summed E-state index contributed by atoms with van der Waals surface area (Å²) in [5, 5.41) is 2.67. The van der Waals surface area contributed by atoms with Crippen LogP contribution in [0.3, 0.4) is 0 Å². The highest BCUT2D eigenvalue weighted by Crippen LogP contribution is 1.86. The molecule has 0 radical (unpaired) electrons. The number of nitrogens with two attached hydrogens (primary N) is 2. The molecular formula is C7H18N4O. The highest BCUT2D eigenvalue weighted by atomic mass is 16.2. The Balaban J connectivity index is 3.69. The maximum atomic E-state index is 11.2. The zero-order valence-corrected chi connectivity index (χ0v) is 7.55. The highest BCUT2D eigenvalue weighted by molar-refractivity contribution is 5.74. The molecule has 0 aromatic heterocycles. The fraction of sp³-hybridized carbons (Fsp3) is 0.857. The van der Waals surface area contributed by atoms with E-state index in [2.05, 4.69) is 5.32 Å². The van der Waals surface area contributed by atoms with Crippen molar-refractivity contribution in [1.29, 1.82) is 0 Å². The van der Waals surface area contributed by atoms with Crippen molar-refractivity contribution < 1.29 is 4.79 Å². The van der Waals surface area contributed by atoms with Gasteiger partial charge in [-0.05, 0) is 6.92 Å². The van der Waals surface area contributed by atoms with Gasteiger partial charge >= 0.3 is 6.03 Å². The van der Waals surface area contributed by atoms with Gasteiger partial charge in [0.2, 0.25) is 0 Å². The highest BCUT2D eigenvalue weighted by Gasteiger charge is 2.07. The van der Waals surface area contributed by atoms with Crippen LogP contribution in [-0.4, -0.2) is 43.7 Å². The van der Waals surface area contributed by atoms with Crippen molar-refractivity contribution in [2.75, 3.05) is 32.7 Å². The van der Waals surface area contributed by atoms with Gasteiger partial charge in [0.25, 0.3) is 0 Å². The quantitative estimate of drug-likeness (QED) is 0.496. The molecule has 0 aromatic rings. The first kappa shape index (κ1) is 11.2. The maximum Gasteiger partial charge on any atom is 0.317 e. The molecule has 12 heavy (non-hydrogen) atoms. The topological polar surface area (TPSA) is 84.4 Å². The van der Waals surface area contributed by atoms with E-state index in [4.69, 9.17) is 11.5 Å². The van der Waals surface area contributed by atoms with E-state index in [-0.39, 0.29) is 6.03 Å². The molecule has 0 saturated heterocycles. The summed E-state index contributed by atoms with van der Waals surface area (Å²) in [5.74, 6) is 0. The third kappa shape index (κ3) is 4.15. The Morgan fingerprint density at radius 3 is 2.50 bits per heavy atom. The summed E-state index contributed by atoms with van der Waals surface area (Å²) in [6.07, 6.45) is 0. The first-order valence-electron chi connectivity index (χ1n) is 4.19. The van der Waals surface area contributed by atoms with E-state index in [1.54, 1.807) is 4.90 Å². The number of likely N-dealkylation sites (N-methyl/N-ethyl adjacent to an activating group) is 1. The van der Waals surface area contributed by atoms with Crippen LogP contribution in [0.2, 0.25) is 0 Å². The average Bonchev–Trinajstić information content (AvgIpc) is 2.10. The van der Waals surface area contributed by atoms with Crippen molar-refractivity contribution in [2.45, 2.75) is 6.92 Å². The number of amides is 2. The van der Waals surface area contributed by atoms with E-state index >= 15 is 0 Å². The summed E-state index contributed by atoms with van der Waals surface area (Å²) in [5.41, 5.74) is 10.6. The Bertz CT molecular complexity index is 129. The van der Waals surface area contributed by atoms with Crippen LogP contribution in [0.1, 0.15) is 6.92 Å². The molecule has 0 aromatic carbocycles. The van der Waals surface area contributed by atoms with Gasteiger partial charge in [0, 0.05) is 32.7 Å². The number of hydrogen-bond acceptors (Lipinski definition) is 3. The Labute approximate surface area is 73.1 Å². The summed E-state index contributed by atoms with van der Waals surface area (Å²) in [7, 11) is 0. The lowest BCUT2D eigenvalue weighted by molar-refractivity contribution is 0.202. The minimum Gasteiger partial charge on any atom is -0.337 e. The maximum absolute atomic E-state index is 11.2. The van der Waals surface area contributed by atoms with E-state index in [0.717, 1.165) is 0 Å². The number of carbonyl (C=O) groups is 1. The second-order valence-corrected chi connectivity index (χ2v) is 2.39. The fourth-order valence-corrected chi connectivity index (χ4v) is 0.850. The molecule has 72 valence electrons. The van der Waals surface area contributed by atoms with Gasteiger partial charge in [-0.1, -0.05) is 0 Å². The third-order valence-corrected chi connectivity index (χ3v) is 1.49. The zero-order chi connectivity index (χ0) is 9.40. The smallest absolute Gasteiger partial charge is 0.317 e. The SMILES string of the molecule is CCN(CCN)C(=O)NCCN. The van der Waals surface area contributed by atoms with Crippen LogP contribution in [0, 0.1) is 0 Å². The van der Waals surface area contributed by atoms with Gasteiger partial charge in [0.15, 0.2) is 0 Å². The Kier molecular flexibility index (Phi) is 6.41. The van der Waals surface area contributed by atoms with E-state index in [1.807, 2.05) is 6.92 Å². The molecule has 5 N–H and O–H groups in total. The van der Waals surface area contributed by atoms with Crippen molar-refractivity contribution in [3.05, 3.63) is 0 Å². The second-order valence-electron chi connectivity index (χ2n) is 2.39. The van der Waals surface area contributed by atoms with Crippen LogP contribution in [-0.2, 0) is 0 Å². The van der Waals surface area contributed by atoms with Crippen molar-refractivity contribution in [3.8, 4) is 0 Å². The minimum atomic E-state index is -0.0894. The molecule has 5 nitrogen and oxygen atoms in total. The van der Waals surface area contributed by atoms with Crippen molar-refractivity contribution in [1.82, 2.24) is 10.2 Å². The molecule has 0 aliphatic carbocycles. The molecule has 0 rings (SSSR count). The molecule has 0 aliphatic heterocycles. The lowest BCUT2D eigenvalue weighted by Crippen LogP contribution is -2.43. The standard InChI is InChI=1S/C7H18N4O/c1-2-11(6-4-9)7(12)10-5-3-8/h2-6,8-9H2,1H3,(H,10,12). The predicted molar refractivity (Wildman–Crippen MR) is 48.8 cm³/mol. The summed E-state index contributed by atoms with van der Waals surface area (Å²) in [4.78, 5) is 12.9. The molecule has 0 heterocycles. The normalized spacial score (nSPS) is 9.58. The number of nitrogens with zero attached hydrogens (tertiary/aromatic N) is 1. The Morgan fingerprint density at radius 1 is 1.42 bits per heavy atom. The lowest BCUT2D eigenvalue weighted by Gasteiger charge is -2.19. The number of carbonyl (C=O) groups excluding carboxylic acids is 1. The Morgan fingerprint density at radius 2 is 2.08 bits per heavy atom. The zero-order valence-electron chi connectivity index (χ0n) is 7.55. The number of urea groups is 1. The van der Waals surface area contributed by atoms with Gasteiger partial charge < -0.3 is 21.7 Å². The van der Waals surface area contributed by atoms with Gasteiger partial charge in [0.05, 0.1) is 0 Å². The average molecular weight is 174 g/mol. The van der Waals surface area contributed by atoms with Gasteiger partial charge in [-0.25, -0.2) is 4.79 Å². The van der Waals surface area contributed by atoms with Crippen LogP contribution < -0.4 is 16.8 Å². The Hall–Kier alpha value is -0.810. The van der Waals surface area contributed by atoms with Crippen LogP contribution in [0.5, 0.6) is 0 Å². The number of hydrogen-bond donors (Lipinski definition) is 3. The third-order valence-electron chi connectivity index (χ3n) is 1.49. The fourth-order valence-electron chi connectivity index (χ4n) is 0.850. The van der Waals surface area contributed by atoms with Crippen molar-refractivity contribution in [3.63, 3.8) is 0 Å². The van der Waals surface area contributed by atoms with Gasteiger partial charge in [-0.15, -0.1) is 0 Å². The second kappa shape index (κ2) is 6.87. The summed E-state index contributed by atoms with van der Waals surface area (Å²) >= 11 is 0. The van der Waals surface area contributed by atoms with E-state index in [0.29, 0.717) is 32.7 Å². The molecule has 0 aliphatic rings. The number of rotatable bonds is 5. The molecule has 0 unspecified atom stereocenters. The summed E-state index contributed by atoms with van der Waals surface area (Å²) in [6.45, 7) is 4.65. The lowest BCUT2D eigenvalue weighted by atomic mass is 10.5. The predicted octanol–water partition coefficient (Wildman–Crippen LogP) is -1.06. The van der Waals surface area contributed by atoms with Crippen LogP contribution in [0.15, 0.2) is 0 Å². The van der Waals surface area contributed by atoms with Crippen molar-refractivity contribution >= 4 is 6.03 Å². The first-order valence-corrected chi connectivity index (χ1v) is 4.19. The van der Waals surface area contributed by atoms with Crippen LogP contribution in [0.4, 0.5) is 4.79 Å². The molecule has 0 spiro atoms. The molecule has 0 atom stereocenters. The van der Waals surface area contributed by atoms with Gasteiger partial charge in [-0.3, -0.25) is 0 Å². The van der Waals surface area contributed by atoms with Crippen molar-refractivity contribution in [2.24, 2.45) is 11.5 Å². The van der Waals surface area contributed by atoms with E-state index in [1.165, 1.54) is 0 Å². The number of nitrogens with one attached hydrogen (secondary N) is 1. The van der Waals surface area contributed by atoms with Crippen LogP contribution >= 0.6 is 0 Å². The molecule has 5 heteroatoms. The summed E-state index contributed by atoms with van der Waals surface area (Å²) in [6, 6.07) is -0.0894. The molecule has 0 saturated carbocycles. The molecule has 0 bridgehead atoms. The monoisotopic (exact) mass is 174 g/mol. The molecule has 0 fully saturated rings. The summed E-state index contributed by atoms with van der Waals surface area (Å²) < 4.78 is 0.